The Morgan fingerprint density at radius 1 is 1.05 bits per heavy atom. The van der Waals surface area contributed by atoms with E-state index in [-0.39, 0.29) is 5.25 Å². The Hall–Kier alpha value is -1.36. The van der Waals surface area contributed by atoms with E-state index in [9.17, 15) is 8.42 Å². The molecule has 1 fully saturated rings. The van der Waals surface area contributed by atoms with Gasteiger partial charge < -0.3 is 0 Å². The lowest BCUT2D eigenvalue weighted by molar-refractivity contribution is 0.331. The number of likely N-dealkylation sites (tertiary alicyclic amines) is 1. The van der Waals surface area contributed by atoms with Crippen molar-refractivity contribution in [2.45, 2.75) is 23.1 Å². The fraction of sp³-hybridized carbons (Fsp3) is 0.294. The maximum atomic E-state index is 12.7. The minimum Gasteiger partial charge on any atom is -0.298 e. The lowest BCUT2D eigenvalue weighted by Gasteiger charge is -2.16. The van der Waals surface area contributed by atoms with E-state index in [2.05, 4.69) is 17.0 Å². The normalized spacial score (nSPS) is 19.4. The first-order chi connectivity index (χ1) is 10.6. The van der Waals surface area contributed by atoms with Crippen molar-refractivity contribution in [3.8, 4) is 0 Å². The number of sulfone groups is 1. The van der Waals surface area contributed by atoms with Crippen molar-refractivity contribution in [3.63, 3.8) is 0 Å². The van der Waals surface area contributed by atoms with Crippen molar-refractivity contribution in [2.75, 3.05) is 13.1 Å². The molecule has 0 aromatic heterocycles. The van der Waals surface area contributed by atoms with E-state index in [0.717, 1.165) is 13.1 Å². The highest BCUT2D eigenvalue weighted by molar-refractivity contribution is 7.92. The third kappa shape index (κ3) is 3.35. The average Bonchev–Trinajstić information content (AvgIpc) is 2.98. The molecule has 0 spiro atoms. The number of hydrogen-bond donors (Lipinski definition) is 0. The van der Waals surface area contributed by atoms with Crippen molar-refractivity contribution in [3.05, 3.63) is 65.2 Å². The van der Waals surface area contributed by atoms with E-state index < -0.39 is 9.84 Å². The van der Waals surface area contributed by atoms with E-state index >= 15 is 0 Å². The largest absolute Gasteiger partial charge is 0.298 e. The number of hydrogen-bond acceptors (Lipinski definition) is 3. The molecule has 2 aromatic carbocycles. The summed E-state index contributed by atoms with van der Waals surface area (Å²) in [6, 6.07) is 16.6. The van der Waals surface area contributed by atoms with Crippen LogP contribution in [0.1, 0.15) is 12.0 Å². The quantitative estimate of drug-likeness (QED) is 0.859. The topological polar surface area (TPSA) is 37.4 Å². The van der Waals surface area contributed by atoms with Gasteiger partial charge in [0.25, 0.3) is 0 Å². The molecule has 1 atom stereocenters. The third-order valence-electron chi connectivity index (χ3n) is 4.06. The molecule has 0 N–H and O–H groups in total. The second kappa shape index (κ2) is 6.41. The monoisotopic (exact) mass is 335 g/mol. The Morgan fingerprint density at radius 2 is 1.73 bits per heavy atom. The number of benzene rings is 2. The Balaban J connectivity index is 1.70. The molecule has 1 saturated heterocycles. The Kier molecular flexibility index (Phi) is 4.52. The van der Waals surface area contributed by atoms with Crippen LogP contribution in [-0.2, 0) is 16.4 Å². The van der Waals surface area contributed by atoms with Gasteiger partial charge in [0.05, 0.1) is 10.1 Å². The highest BCUT2D eigenvalue weighted by Gasteiger charge is 2.34. The zero-order valence-electron chi connectivity index (χ0n) is 12.2. The van der Waals surface area contributed by atoms with Gasteiger partial charge in [0.2, 0.25) is 0 Å². The van der Waals surface area contributed by atoms with Crippen LogP contribution in [0, 0.1) is 0 Å². The van der Waals surface area contributed by atoms with Gasteiger partial charge in [-0.2, -0.15) is 0 Å². The molecule has 0 bridgehead atoms. The Labute approximate surface area is 136 Å². The van der Waals surface area contributed by atoms with Gasteiger partial charge in [0.15, 0.2) is 9.84 Å². The van der Waals surface area contributed by atoms with Gasteiger partial charge in [-0.25, -0.2) is 8.42 Å². The molecular formula is C17H18ClNO2S. The van der Waals surface area contributed by atoms with Gasteiger partial charge in [0, 0.05) is 18.1 Å². The first-order valence-electron chi connectivity index (χ1n) is 7.31. The molecule has 2 aromatic rings. The molecule has 116 valence electrons. The van der Waals surface area contributed by atoms with Crippen LogP contribution in [0.5, 0.6) is 0 Å². The zero-order valence-corrected chi connectivity index (χ0v) is 13.7. The van der Waals surface area contributed by atoms with Gasteiger partial charge in [-0.3, -0.25) is 4.90 Å². The molecule has 3 nitrogen and oxygen atoms in total. The molecule has 1 unspecified atom stereocenters. The molecule has 1 heterocycles. The van der Waals surface area contributed by atoms with Crippen LogP contribution in [0.25, 0.3) is 0 Å². The second-order valence-electron chi connectivity index (χ2n) is 5.63. The summed E-state index contributed by atoms with van der Waals surface area (Å²) in [4.78, 5) is 2.57. The summed E-state index contributed by atoms with van der Waals surface area (Å²) in [6.45, 7) is 2.19. The standard InChI is InChI=1S/C17H18ClNO2S/c18-15-6-8-16(9-7-15)22(20,21)17-10-11-19(13-17)12-14-4-2-1-3-5-14/h1-9,17H,10-13H2. The molecule has 0 saturated carbocycles. The first kappa shape index (κ1) is 15.5. The maximum absolute atomic E-state index is 12.7. The van der Waals surface area contributed by atoms with E-state index in [0.29, 0.717) is 22.9 Å². The third-order valence-corrected chi connectivity index (χ3v) is 6.50. The van der Waals surface area contributed by atoms with Crippen LogP contribution in [-0.4, -0.2) is 31.7 Å². The molecule has 1 aliphatic rings. The van der Waals surface area contributed by atoms with Crippen LogP contribution >= 0.6 is 11.6 Å². The summed E-state index contributed by atoms with van der Waals surface area (Å²) in [5.74, 6) is 0. The summed E-state index contributed by atoms with van der Waals surface area (Å²) < 4.78 is 25.3. The fourth-order valence-electron chi connectivity index (χ4n) is 2.85. The van der Waals surface area contributed by atoms with Crippen molar-refractivity contribution in [1.29, 1.82) is 0 Å². The van der Waals surface area contributed by atoms with Gasteiger partial charge >= 0.3 is 0 Å². The lowest BCUT2D eigenvalue weighted by atomic mass is 10.2. The minimum atomic E-state index is -3.28. The summed E-state index contributed by atoms with van der Waals surface area (Å²) in [5, 5.41) is 0.216. The lowest BCUT2D eigenvalue weighted by Crippen LogP contribution is -2.27. The smallest absolute Gasteiger partial charge is 0.182 e. The Bertz CT molecular complexity index is 729. The molecule has 1 aliphatic heterocycles. The van der Waals surface area contributed by atoms with Gasteiger partial charge in [0.1, 0.15) is 0 Å². The summed E-state index contributed by atoms with van der Waals surface area (Å²) >= 11 is 5.83. The first-order valence-corrected chi connectivity index (χ1v) is 9.24. The average molecular weight is 336 g/mol. The van der Waals surface area contributed by atoms with E-state index in [1.807, 2.05) is 18.2 Å². The maximum Gasteiger partial charge on any atom is 0.182 e. The number of rotatable bonds is 4. The molecule has 0 radical (unpaired) electrons. The summed E-state index contributed by atoms with van der Waals surface area (Å²) in [6.07, 6.45) is 0.678. The van der Waals surface area contributed by atoms with Crippen LogP contribution < -0.4 is 0 Å². The van der Waals surface area contributed by atoms with Crippen molar-refractivity contribution in [2.24, 2.45) is 0 Å². The predicted molar refractivity (Wildman–Crippen MR) is 88.8 cm³/mol. The fourth-order valence-corrected chi connectivity index (χ4v) is 4.70. The Morgan fingerprint density at radius 3 is 2.41 bits per heavy atom. The number of nitrogens with zero attached hydrogens (tertiary/aromatic N) is 1. The molecule has 22 heavy (non-hydrogen) atoms. The molecular weight excluding hydrogens is 318 g/mol. The SMILES string of the molecule is O=S(=O)(c1ccc(Cl)cc1)C1CCN(Cc2ccccc2)C1. The van der Waals surface area contributed by atoms with Crippen molar-refractivity contribution >= 4 is 21.4 Å². The van der Waals surface area contributed by atoms with E-state index in [1.165, 1.54) is 5.56 Å². The molecule has 0 aliphatic carbocycles. The van der Waals surface area contributed by atoms with Crippen LogP contribution in [0.15, 0.2) is 59.5 Å². The van der Waals surface area contributed by atoms with Crippen LogP contribution in [0.3, 0.4) is 0 Å². The number of halogens is 1. The zero-order chi connectivity index (χ0) is 15.6. The van der Waals surface area contributed by atoms with E-state index in [4.69, 9.17) is 11.6 Å². The van der Waals surface area contributed by atoms with Crippen LogP contribution in [0.2, 0.25) is 5.02 Å². The van der Waals surface area contributed by atoms with Crippen molar-refractivity contribution < 1.29 is 8.42 Å². The summed E-state index contributed by atoms with van der Waals surface area (Å²) in [5.41, 5.74) is 1.21. The van der Waals surface area contributed by atoms with Gasteiger partial charge in [-0.05, 0) is 42.8 Å². The highest BCUT2D eigenvalue weighted by atomic mass is 35.5. The highest BCUT2D eigenvalue weighted by Crippen LogP contribution is 2.25. The van der Waals surface area contributed by atoms with E-state index in [1.54, 1.807) is 24.3 Å². The van der Waals surface area contributed by atoms with Crippen molar-refractivity contribution in [1.82, 2.24) is 4.90 Å². The van der Waals surface area contributed by atoms with Crippen LogP contribution in [0.4, 0.5) is 0 Å². The molecule has 3 rings (SSSR count). The summed E-state index contributed by atoms with van der Waals surface area (Å²) in [7, 11) is -3.28. The van der Waals surface area contributed by atoms with Gasteiger partial charge in [-0.1, -0.05) is 41.9 Å². The predicted octanol–water partition coefficient (Wildman–Crippen LogP) is 3.39. The minimum absolute atomic E-state index is 0.336. The molecule has 5 heteroatoms. The van der Waals surface area contributed by atoms with Gasteiger partial charge in [-0.15, -0.1) is 0 Å². The molecule has 0 amide bonds. The second-order valence-corrected chi connectivity index (χ2v) is 8.29.